The van der Waals surface area contributed by atoms with Gasteiger partial charge in [-0.05, 0) is 30.7 Å². The van der Waals surface area contributed by atoms with Crippen molar-refractivity contribution in [1.82, 2.24) is 10.6 Å². The second-order valence-electron chi connectivity index (χ2n) is 4.54. The lowest BCUT2D eigenvalue weighted by Gasteiger charge is -2.11. The van der Waals surface area contributed by atoms with Crippen molar-refractivity contribution in [1.29, 1.82) is 0 Å². The maximum absolute atomic E-state index is 11.6. The molecule has 0 bridgehead atoms. The minimum Gasteiger partial charge on any atom is -0.493 e. The van der Waals surface area contributed by atoms with Crippen molar-refractivity contribution < 1.29 is 28.6 Å². The number of urea groups is 1. The number of amides is 3. The Morgan fingerprint density at radius 2 is 2.00 bits per heavy atom. The lowest BCUT2D eigenvalue weighted by atomic mass is 10.2. The number of hydrogen-bond acceptors (Lipinski definition) is 6. The summed E-state index contributed by atoms with van der Waals surface area (Å²) in [5.74, 6) is -0.660. The summed E-state index contributed by atoms with van der Waals surface area (Å²) in [6.07, 6.45) is 2.57. The number of halogens is 1. The molecule has 1 aromatic rings. The van der Waals surface area contributed by atoms with Crippen LogP contribution in [0.4, 0.5) is 4.79 Å². The van der Waals surface area contributed by atoms with Gasteiger partial charge in [-0.3, -0.25) is 10.1 Å². The molecule has 0 aliphatic carbocycles. The van der Waals surface area contributed by atoms with Crippen LogP contribution in [-0.4, -0.2) is 45.3 Å². The fraction of sp³-hybridized carbons (Fsp3) is 0.312. The molecular weight excluding hydrogens is 352 g/mol. The van der Waals surface area contributed by atoms with E-state index in [1.54, 1.807) is 12.1 Å². The molecular formula is C16H19ClN2O6. The van der Waals surface area contributed by atoms with Gasteiger partial charge in [0.1, 0.15) is 0 Å². The molecule has 1 rings (SSSR count). The largest absolute Gasteiger partial charge is 0.493 e. The van der Waals surface area contributed by atoms with E-state index in [0.29, 0.717) is 28.7 Å². The monoisotopic (exact) mass is 370 g/mol. The zero-order valence-electron chi connectivity index (χ0n) is 14.1. The topological polar surface area (TPSA) is 103 Å². The number of benzene rings is 1. The molecule has 2 N–H and O–H groups in total. The van der Waals surface area contributed by atoms with Gasteiger partial charge < -0.3 is 19.5 Å². The molecule has 25 heavy (non-hydrogen) atoms. The zero-order chi connectivity index (χ0) is 18.8. The van der Waals surface area contributed by atoms with E-state index in [1.807, 2.05) is 12.2 Å². The first kappa shape index (κ1) is 20.3. The van der Waals surface area contributed by atoms with Crippen LogP contribution < -0.4 is 20.1 Å². The van der Waals surface area contributed by atoms with E-state index in [1.165, 1.54) is 20.2 Å². The number of esters is 1. The maximum Gasteiger partial charge on any atom is 0.331 e. The van der Waals surface area contributed by atoms with Gasteiger partial charge in [0.2, 0.25) is 0 Å². The predicted octanol–water partition coefficient (Wildman–Crippen LogP) is 1.76. The van der Waals surface area contributed by atoms with Crippen molar-refractivity contribution >= 4 is 35.6 Å². The third-order valence-corrected chi connectivity index (χ3v) is 3.06. The number of ether oxygens (including phenoxy) is 3. The Kier molecular flexibility index (Phi) is 8.28. The minimum atomic E-state index is -0.754. The molecule has 0 saturated carbocycles. The van der Waals surface area contributed by atoms with Crippen LogP contribution in [0.15, 0.2) is 18.2 Å². The fourth-order valence-electron chi connectivity index (χ4n) is 1.69. The summed E-state index contributed by atoms with van der Waals surface area (Å²) < 4.78 is 15.3. The zero-order valence-corrected chi connectivity index (χ0v) is 14.8. The average Bonchev–Trinajstić information content (AvgIpc) is 2.59. The van der Waals surface area contributed by atoms with Gasteiger partial charge in [-0.25, -0.2) is 9.59 Å². The van der Waals surface area contributed by atoms with Gasteiger partial charge in [-0.1, -0.05) is 11.6 Å². The van der Waals surface area contributed by atoms with Gasteiger partial charge >= 0.3 is 12.0 Å². The smallest absolute Gasteiger partial charge is 0.331 e. The third-order valence-electron chi connectivity index (χ3n) is 2.78. The molecule has 136 valence electrons. The van der Waals surface area contributed by atoms with Crippen LogP contribution in [0.2, 0.25) is 5.02 Å². The van der Waals surface area contributed by atoms with E-state index in [-0.39, 0.29) is 0 Å². The number of hydrogen-bond donors (Lipinski definition) is 2. The van der Waals surface area contributed by atoms with Crippen LogP contribution in [0.1, 0.15) is 12.5 Å². The summed E-state index contributed by atoms with van der Waals surface area (Å²) >= 11 is 6.13. The molecule has 0 fully saturated rings. The van der Waals surface area contributed by atoms with Crippen LogP contribution >= 0.6 is 11.6 Å². The van der Waals surface area contributed by atoms with Gasteiger partial charge in [-0.2, -0.15) is 0 Å². The molecule has 0 aromatic heterocycles. The normalized spacial score (nSPS) is 10.2. The second kappa shape index (κ2) is 10.2. The number of nitrogens with one attached hydrogen (secondary N) is 2. The minimum absolute atomic E-state index is 0.333. The van der Waals surface area contributed by atoms with Crippen LogP contribution in [0.5, 0.6) is 11.5 Å². The van der Waals surface area contributed by atoms with Crippen LogP contribution in [0.25, 0.3) is 6.08 Å². The molecule has 0 radical (unpaired) electrons. The third kappa shape index (κ3) is 6.72. The summed E-state index contributed by atoms with van der Waals surface area (Å²) in [6, 6.07) is 2.54. The van der Waals surface area contributed by atoms with Gasteiger partial charge in [0.05, 0.1) is 18.7 Å². The molecule has 0 aliphatic rings. The highest BCUT2D eigenvalue weighted by Crippen LogP contribution is 2.36. The standard InChI is InChI=1S/C16H19ClN2O6/c1-4-24-15-11(17)7-10(8-12(15)23-3)5-6-14(21)25-9-13(20)19-16(22)18-2/h5-8H,4,9H2,1-3H3,(H2,18,19,20,22)/b6-5+. The van der Waals surface area contributed by atoms with E-state index >= 15 is 0 Å². The molecule has 8 nitrogen and oxygen atoms in total. The predicted molar refractivity (Wildman–Crippen MR) is 91.8 cm³/mol. The Morgan fingerprint density at radius 1 is 1.28 bits per heavy atom. The van der Waals surface area contributed by atoms with Crippen molar-refractivity contribution in [3.63, 3.8) is 0 Å². The summed E-state index contributed by atoms with van der Waals surface area (Å²) in [4.78, 5) is 33.8. The molecule has 3 amide bonds. The van der Waals surface area contributed by atoms with Gasteiger partial charge in [-0.15, -0.1) is 0 Å². The molecule has 0 unspecified atom stereocenters. The Morgan fingerprint density at radius 3 is 2.60 bits per heavy atom. The van der Waals surface area contributed by atoms with Crippen molar-refractivity contribution in [3.8, 4) is 11.5 Å². The first-order valence-electron chi connectivity index (χ1n) is 7.28. The SMILES string of the molecule is CCOc1c(Cl)cc(/C=C/C(=O)OCC(=O)NC(=O)NC)cc1OC. The summed E-state index contributed by atoms with van der Waals surface area (Å²) in [6.45, 7) is 1.67. The van der Waals surface area contributed by atoms with Crippen molar-refractivity contribution in [2.45, 2.75) is 6.92 Å². The summed E-state index contributed by atoms with van der Waals surface area (Å²) in [5.41, 5.74) is 0.581. The number of rotatable bonds is 7. The highest BCUT2D eigenvalue weighted by atomic mass is 35.5. The number of carbonyl (C=O) groups is 3. The van der Waals surface area contributed by atoms with Crippen molar-refractivity contribution in [3.05, 3.63) is 28.8 Å². The highest BCUT2D eigenvalue weighted by Gasteiger charge is 2.11. The van der Waals surface area contributed by atoms with Gasteiger partial charge in [0, 0.05) is 13.1 Å². The van der Waals surface area contributed by atoms with E-state index in [9.17, 15) is 14.4 Å². The van der Waals surface area contributed by atoms with E-state index in [2.05, 4.69) is 5.32 Å². The van der Waals surface area contributed by atoms with Crippen molar-refractivity contribution in [2.24, 2.45) is 0 Å². The van der Waals surface area contributed by atoms with Gasteiger partial charge in [0.25, 0.3) is 5.91 Å². The molecule has 0 atom stereocenters. The van der Waals surface area contributed by atoms with Crippen LogP contribution in [0.3, 0.4) is 0 Å². The number of methoxy groups -OCH3 is 1. The first-order chi connectivity index (χ1) is 11.9. The Bertz CT molecular complexity index is 675. The lowest BCUT2D eigenvalue weighted by Crippen LogP contribution is -2.39. The van der Waals surface area contributed by atoms with E-state index < -0.39 is 24.5 Å². The van der Waals surface area contributed by atoms with Crippen LogP contribution in [0, 0.1) is 0 Å². The molecule has 0 spiro atoms. The quantitative estimate of drug-likeness (QED) is 0.560. The second-order valence-corrected chi connectivity index (χ2v) is 4.94. The molecule has 0 heterocycles. The highest BCUT2D eigenvalue weighted by molar-refractivity contribution is 6.32. The number of carbonyl (C=O) groups excluding carboxylic acids is 3. The summed E-state index contributed by atoms with van der Waals surface area (Å²) in [7, 11) is 2.83. The Hall–Kier alpha value is -2.74. The number of imide groups is 1. The maximum atomic E-state index is 11.6. The fourth-order valence-corrected chi connectivity index (χ4v) is 1.97. The lowest BCUT2D eigenvalue weighted by molar-refractivity contribution is -0.143. The molecule has 1 aromatic carbocycles. The molecule has 9 heteroatoms. The van der Waals surface area contributed by atoms with Gasteiger partial charge in [0.15, 0.2) is 18.1 Å². The van der Waals surface area contributed by atoms with Crippen molar-refractivity contribution in [2.75, 3.05) is 27.4 Å². The molecule has 0 saturated heterocycles. The Balaban J connectivity index is 2.68. The average molecular weight is 371 g/mol. The summed E-state index contributed by atoms with van der Waals surface area (Å²) in [5, 5.41) is 4.49. The van der Waals surface area contributed by atoms with E-state index in [0.717, 1.165) is 6.08 Å². The Labute approximate surface area is 150 Å². The van der Waals surface area contributed by atoms with Crippen LogP contribution in [-0.2, 0) is 14.3 Å². The molecule has 0 aliphatic heterocycles. The van der Waals surface area contributed by atoms with E-state index in [4.69, 9.17) is 25.8 Å². The first-order valence-corrected chi connectivity index (χ1v) is 7.65.